The van der Waals surface area contributed by atoms with E-state index in [-0.39, 0.29) is 5.54 Å². The van der Waals surface area contributed by atoms with Crippen molar-refractivity contribution in [3.63, 3.8) is 0 Å². The molecule has 0 radical (unpaired) electrons. The van der Waals surface area contributed by atoms with Gasteiger partial charge in [0.25, 0.3) is 0 Å². The van der Waals surface area contributed by atoms with E-state index in [1.54, 1.807) is 0 Å². The van der Waals surface area contributed by atoms with E-state index in [1.165, 1.54) is 87.1 Å². The number of para-hydroxylation sites is 1. The first-order valence-corrected chi connectivity index (χ1v) is 21.2. The van der Waals surface area contributed by atoms with Gasteiger partial charge in [-0.25, -0.2) is 0 Å². The fraction of sp³-hybridized carbons (Fsp3) is 0.102. The molecule has 1 unspecified atom stereocenters. The van der Waals surface area contributed by atoms with Crippen LogP contribution in [0.1, 0.15) is 13.3 Å². The van der Waals surface area contributed by atoms with E-state index in [1.807, 2.05) is 0 Å². The van der Waals surface area contributed by atoms with Crippen LogP contribution in [0.3, 0.4) is 0 Å². The summed E-state index contributed by atoms with van der Waals surface area (Å²) in [6.07, 6.45) is 10.1. The summed E-state index contributed by atoms with van der Waals surface area (Å²) in [5, 5.41) is 13.3. The topological polar surface area (TPSA) is 3.24 Å². The Balaban J connectivity index is 1.22. The van der Waals surface area contributed by atoms with Gasteiger partial charge in [-0.3, -0.25) is 0 Å². The highest BCUT2D eigenvalue weighted by molar-refractivity contribution is 7.02. The summed E-state index contributed by atoms with van der Waals surface area (Å²) in [6.45, 7) is 7.45. The molecule has 244 valence electrons. The smallest absolute Gasteiger partial charge is 0.117 e. The van der Waals surface area contributed by atoms with Crippen LogP contribution in [0.2, 0.25) is 13.1 Å². The molecular formula is C49H39NSi. The zero-order chi connectivity index (χ0) is 34.3. The SMILES string of the molecule is CC1(N2c3ccccc3[Si](C)(C)c3cc(-c4c5ccccc5c(-c5ccc6c(ccc7ccccc76)c5)c5ccccc45)ccc32)C=CC=CC1. The fourth-order valence-electron chi connectivity index (χ4n) is 9.21. The van der Waals surface area contributed by atoms with Crippen LogP contribution in [-0.4, -0.2) is 13.6 Å². The second kappa shape index (κ2) is 11.2. The Hall–Kier alpha value is -5.70. The van der Waals surface area contributed by atoms with E-state index in [0.29, 0.717) is 0 Å². The molecule has 0 amide bonds. The summed E-state index contributed by atoms with van der Waals surface area (Å²) < 4.78 is 0. The third kappa shape index (κ3) is 4.46. The Bertz CT molecular complexity index is 2730. The molecule has 1 aliphatic heterocycles. The molecule has 8 aromatic carbocycles. The zero-order valence-electron chi connectivity index (χ0n) is 29.3. The van der Waals surface area contributed by atoms with Crippen LogP contribution < -0.4 is 15.3 Å². The third-order valence-electron chi connectivity index (χ3n) is 11.7. The lowest BCUT2D eigenvalue weighted by Crippen LogP contribution is -2.62. The van der Waals surface area contributed by atoms with Crippen molar-refractivity contribution in [3.8, 4) is 22.3 Å². The summed E-state index contributed by atoms with van der Waals surface area (Å²) in [4.78, 5) is 2.63. The molecule has 1 aliphatic carbocycles. The number of allylic oxidation sites excluding steroid dienone is 2. The highest BCUT2D eigenvalue weighted by Crippen LogP contribution is 2.46. The van der Waals surface area contributed by atoms with Gasteiger partial charge in [0, 0.05) is 11.4 Å². The first kappa shape index (κ1) is 30.1. The third-order valence-corrected chi connectivity index (χ3v) is 15.2. The summed E-state index contributed by atoms with van der Waals surface area (Å²) in [5.74, 6) is 0. The van der Waals surface area contributed by atoms with Crippen molar-refractivity contribution in [2.75, 3.05) is 4.90 Å². The summed E-state index contributed by atoms with van der Waals surface area (Å²) >= 11 is 0. The van der Waals surface area contributed by atoms with Crippen molar-refractivity contribution in [1.29, 1.82) is 0 Å². The van der Waals surface area contributed by atoms with Crippen molar-refractivity contribution in [1.82, 2.24) is 0 Å². The van der Waals surface area contributed by atoms with Crippen molar-refractivity contribution in [3.05, 3.63) is 170 Å². The molecule has 10 rings (SSSR count). The Morgan fingerprint density at radius 2 is 1.04 bits per heavy atom. The van der Waals surface area contributed by atoms with Gasteiger partial charge >= 0.3 is 0 Å². The van der Waals surface area contributed by atoms with Gasteiger partial charge in [-0.05, 0) is 107 Å². The lowest BCUT2D eigenvalue weighted by atomic mass is 9.85. The molecule has 1 heterocycles. The van der Waals surface area contributed by atoms with Crippen LogP contribution in [0, 0.1) is 0 Å². The average molecular weight is 670 g/mol. The van der Waals surface area contributed by atoms with Crippen LogP contribution >= 0.6 is 0 Å². The minimum atomic E-state index is -2.06. The standard InChI is InChI=1S/C49H39NSi/c1-49(29-13-4-14-30-49)50-43-21-11-12-22-45(43)51(2,3)46-32-36(26-28-44(46)50)48-41-19-9-7-17-39(41)47(40-18-8-10-20-42(40)48)35-25-27-38-34(31-35)24-23-33-15-5-6-16-37(33)38/h4-29,31-32H,30H2,1-3H3. The van der Waals surface area contributed by atoms with E-state index >= 15 is 0 Å². The minimum absolute atomic E-state index is 0.140. The molecule has 0 aromatic heterocycles. The Labute approximate surface area is 300 Å². The van der Waals surface area contributed by atoms with Crippen molar-refractivity contribution in [2.45, 2.75) is 32.0 Å². The van der Waals surface area contributed by atoms with E-state index in [0.717, 1.165) is 6.42 Å². The first-order chi connectivity index (χ1) is 24.9. The summed E-state index contributed by atoms with van der Waals surface area (Å²) in [6, 6.07) is 54.9. The van der Waals surface area contributed by atoms with Gasteiger partial charge in [0.05, 0.1) is 5.54 Å². The lowest BCUT2D eigenvalue weighted by Gasteiger charge is -2.49. The molecule has 0 fully saturated rings. The van der Waals surface area contributed by atoms with Crippen LogP contribution in [0.25, 0.3) is 65.3 Å². The van der Waals surface area contributed by atoms with Gasteiger partial charge in [-0.1, -0.05) is 165 Å². The van der Waals surface area contributed by atoms with Gasteiger partial charge in [0.1, 0.15) is 8.07 Å². The van der Waals surface area contributed by atoms with Crippen LogP contribution in [0.15, 0.2) is 170 Å². The molecule has 2 heteroatoms. The van der Waals surface area contributed by atoms with Gasteiger partial charge < -0.3 is 4.90 Å². The molecule has 0 bridgehead atoms. The maximum absolute atomic E-state index is 2.63. The maximum Gasteiger partial charge on any atom is 0.117 e. The van der Waals surface area contributed by atoms with Gasteiger partial charge in [-0.15, -0.1) is 0 Å². The Kier molecular flexibility index (Phi) is 6.59. The predicted molar refractivity (Wildman–Crippen MR) is 224 cm³/mol. The summed E-state index contributed by atoms with van der Waals surface area (Å²) in [7, 11) is -2.06. The Morgan fingerprint density at radius 3 is 1.73 bits per heavy atom. The molecule has 8 aromatic rings. The molecule has 51 heavy (non-hydrogen) atoms. The van der Waals surface area contributed by atoms with Gasteiger partial charge in [0.15, 0.2) is 0 Å². The largest absolute Gasteiger partial charge is 0.332 e. The van der Waals surface area contributed by atoms with Crippen LogP contribution in [0.4, 0.5) is 11.4 Å². The van der Waals surface area contributed by atoms with Crippen molar-refractivity contribution >= 4 is 72.9 Å². The highest BCUT2D eigenvalue weighted by Gasteiger charge is 2.43. The number of fused-ring (bicyclic) bond motifs is 7. The molecule has 1 atom stereocenters. The van der Waals surface area contributed by atoms with E-state index in [4.69, 9.17) is 0 Å². The highest BCUT2D eigenvalue weighted by atomic mass is 28.3. The number of anilines is 2. The van der Waals surface area contributed by atoms with E-state index < -0.39 is 8.07 Å². The minimum Gasteiger partial charge on any atom is -0.332 e. The molecule has 1 nitrogen and oxygen atoms in total. The van der Waals surface area contributed by atoms with Gasteiger partial charge in [-0.2, -0.15) is 0 Å². The normalized spacial score (nSPS) is 17.7. The number of nitrogens with zero attached hydrogens (tertiary/aromatic N) is 1. The number of hydrogen-bond acceptors (Lipinski definition) is 1. The molecule has 0 saturated carbocycles. The summed E-state index contributed by atoms with van der Waals surface area (Å²) in [5.41, 5.74) is 7.75. The Morgan fingerprint density at radius 1 is 0.490 bits per heavy atom. The second-order valence-corrected chi connectivity index (χ2v) is 19.4. The lowest BCUT2D eigenvalue weighted by molar-refractivity contribution is 0.571. The number of rotatable bonds is 3. The second-order valence-electron chi connectivity index (χ2n) is 15.1. The zero-order valence-corrected chi connectivity index (χ0v) is 30.3. The van der Waals surface area contributed by atoms with Crippen LogP contribution in [0.5, 0.6) is 0 Å². The molecule has 2 aliphatic rings. The number of benzene rings is 8. The van der Waals surface area contributed by atoms with Crippen molar-refractivity contribution in [2.24, 2.45) is 0 Å². The quantitative estimate of drug-likeness (QED) is 0.103. The molecule has 0 N–H and O–H groups in total. The maximum atomic E-state index is 2.63. The van der Waals surface area contributed by atoms with Crippen LogP contribution in [-0.2, 0) is 0 Å². The first-order valence-electron chi connectivity index (χ1n) is 18.2. The molecular weight excluding hydrogens is 631 g/mol. The predicted octanol–water partition coefficient (Wildman–Crippen LogP) is 12.2. The fourth-order valence-corrected chi connectivity index (χ4v) is 12.2. The molecule has 0 saturated heterocycles. The molecule has 0 spiro atoms. The van der Waals surface area contributed by atoms with Crippen molar-refractivity contribution < 1.29 is 0 Å². The average Bonchev–Trinajstić information content (AvgIpc) is 3.17. The number of hydrogen-bond donors (Lipinski definition) is 0. The monoisotopic (exact) mass is 669 g/mol. The van der Waals surface area contributed by atoms with E-state index in [2.05, 4.69) is 195 Å². The van der Waals surface area contributed by atoms with E-state index in [9.17, 15) is 0 Å². The van der Waals surface area contributed by atoms with Gasteiger partial charge in [0.2, 0.25) is 0 Å².